The SMILES string of the molecule is CNC(C)C(=O)Nc1ccc(Br)cc1OC(F)(F)F. The van der Waals surface area contributed by atoms with E-state index in [0.717, 1.165) is 6.07 Å². The molecular weight excluding hydrogens is 329 g/mol. The van der Waals surface area contributed by atoms with E-state index in [4.69, 9.17) is 0 Å². The van der Waals surface area contributed by atoms with Gasteiger partial charge in [-0.1, -0.05) is 15.9 Å². The van der Waals surface area contributed by atoms with Crippen LogP contribution in [0.1, 0.15) is 6.92 Å². The maximum atomic E-state index is 12.3. The quantitative estimate of drug-likeness (QED) is 0.886. The second kappa shape index (κ2) is 6.25. The highest BCUT2D eigenvalue weighted by Gasteiger charge is 2.32. The first kappa shape index (κ1) is 15.8. The first-order chi connectivity index (χ1) is 8.73. The molecule has 1 unspecified atom stereocenters. The highest BCUT2D eigenvalue weighted by molar-refractivity contribution is 9.10. The van der Waals surface area contributed by atoms with Crippen molar-refractivity contribution in [3.63, 3.8) is 0 Å². The van der Waals surface area contributed by atoms with Crippen molar-refractivity contribution in [2.45, 2.75) is 19.3 Å². The van der Waals surface area contributed by atoms with E-state index >= 15 is 0 Å². The highest BCUT2D eigenvalue weighted by atomic mass is 79.9. The first-order valence-corrected chi connectivity index (χ1v) is 6.05. The molecule has 0 saturated heterocycles. The van der Waals surface area contributed by atoms with Gasteiger partial charge >= 0.3 is 6.36 Å². The van der Waals surface area contributed by atoms with Crippen LogP contribution in [0.3, 0.4) is 0 Å². The number of alkyl halides is 3. The Labute approximate surface area is 116 Å². The van der Waals surface area contributed by atoms with Gasteiger partial charge in [0, 0.05) is 4.47 Å². The summed E-state index contributed by atoms with van der Waals surface area (Å²) in [7, 11) is 1.57. The molecule has 0 aromatic heterocycles. The van der Waals surface area contributed by atoms with Crippen LogP contribution in [0, 0.1) is 0 Å². The second-order valence-electron chi connectivity index (χ2n) is 3.69. The van der Waals surface area contributed by atoms with Crippen molar-refractivity contribution in [2.75, 3.05) is 12.4 Å². The third-order valence-electron chi connectivity index (χ3n) is 2.25. The Bertz CT molecular complexity index is 466. The Morgan fingerprint density at radius 2 is 2.05 bits per heavy atom. The van der Waals surface area contributed by atoms with Crippen LogP contribution in [0.25, 0.3) is 0 Å². The topological polar surface area (TPSA) is 50.4 Å². The van der Waals surface area contributed by atoms with Crippen LogP contribution in [-0.2, 0) is 4.79 Å². The van der Waals surface area contributed by atoms with Crippen LogP contribution in [-0.4, -0.2) is 25.4 Å². The van der Waals surface area contributed by atoms with Crippen molar-refractivity contribution >= 4 is 27.5 Å². The number of rotatable bonds is 4. The summed E-state index contributed by atoms with van der Waals surface area (Å²) in [4.78, 5) is 11.6. The van der Waals surface area contributed by atoms with Gasteiger partial charge in [-0.3, -0.25) is 4.79 Å². The molecule has 1 atom stereocenters. The number of anilines is 1. The molecule has 1 rings (SSSR count). The van der Waals surface area contributed by atoms with E-state index < -0.39 is 24.1 Å². The first-order valence-electron chi connectivity index (χ1n) is 5.26. The minimum atomic E-state index is -4.82. The molecule has 106 valence electrons. The van der Waals surface area contributed by atoms with Crippen LogP contribution in [0.5, 0.6) is 5.75 Å². The Morgan fingerprint density at radius 1 is 1.42 bits per heavy atom. The summed E-state index contributed by atoms with van der Waals surface area (Å²) in [6.07, 6.45) is -4.82. The van der Waals surface area contributed by atoms with E-state index in [1.54, 1.807) is 14.0 Å². The predicted octanol–water partition coefficient (Wildman–Crippen LogP) is 2.89. The van der Waals surface area contributed by atoms with Gasteiger partial charge in [0.15, 0.2) is 5.75 Å². The number of carbonyl (C=O) groups is 1. The molecule has 8 heteroatoms. The Hall–Kier alpha value is -1.28. The summed E-state index contributed by atoms with van der Waals surface area (Å²) in [5.74, 6) is -0.935. The van der Waals surface area contributed by atoms with Gasteiger partial charge in [-0.2, -0.15) is 0 Å². The van der Waals surface area contributed by atoms with E-state index in [9.17, 15) is 18.0 Å². The van der Waals surface area contributed by atoms with E-state index in [2.05, 4.69) is 31.3 Å². The summed E-state index contributed by atoms with van der Waals surface area (Å²) >= 11 is 3.04. The van der Waals surface area contributed by atoms with E-state index in [1.807, 2.05) is 0 Å². The average Bonchev–Trinajstić information content (AvgIpc) is 2.29. The Morgan fingerprint density at radius 3 is 2.58 bits per heavy atom. The molecule has 0 spiro atoms. The molecule has 0 aliphatic rings. The van der Waals surface area contributed by atoms with Crippen LogP contribution < -0.4 is 15.4 Å². The largest absolute Gasteiger partial charge is 0.573 e. The third kappa shape index (κ3) is 5.07. The minimum absolute atomic E-state index is 0.0485. The minimum Gasteiger partial charge on any atom is -0.404 e. The molecule has 0 saturated carbocycles. The number of benzene rings is 1. The van der Waals surface area contributed by atoms with Crippen LogP contribution in [0.2, 0.25) is 0 Å². The van der Waals surface area contributed by atoms with Gasteiger partial charge in [-0.25, -0.2) is 0 Å². The van der Waals surface area contributed by atoms with Gasteiger partial charge in [0.25, 0.3) is 0 Å². The van der Waals surface area contributed by atoms with Gasteiger partial charge in [0.1, 0.15) is 0 Å². The highest BCUT2D eigenvalue weighted by Crippen LogP contribution is 2.32. The molecule has 4 nitrogen and oxygen atoms in total. The number of nitrogens with one attached hydrogen (secondary N) is 2. The molecule has 0 bridgehead atoms. The van der Waals surface area contributed by atoms with Crippen molar-refractivity contribution in [3.8, 4) is 5.75 Å². The lowest BCUT2D eigenvalue weighted by molar-refractivity contribution is -0.274. The maximum absolute atomic E-state index is 12.3. The standard InChI is InChI=1S/C11H12BrF3N2O2/c1-6(16-2)10(18)17-8-4-3-7(12)5-9(8)19-11(13,14)15/h3-6,16H,1-2H3,(H,17,18). The van der Waals surface area contributed by atoms with Gasteiger partial charge < -0.3 is 15.4 Å². The van der Waals surface area contributed by atoms with E-state index in [1.165, 1.54) is 12.1 Å². The summed E-state index contributed by atoms with van der Waals surface area (Å²) in [6.45, 7) is 1.58. The molecule has 0 aliphatic carbocycles. The van der Waals surface area contributed by atoms with Crippen molar-refractivity contribution in [1.29, 1.82) is 0 Å². The van der Waals surface area contributed by atoms with Gasteiger partial charge in [-0.15, -0.1) is 13.2 Å². The molecule has 2 N–H and O–H groups in total. The van der Waals surface area contributed by atoms with Crippen LogP contribution >= 0.6 is 15.9 Å². The van der Waals surface area contributed by atoms with Crippen LogP contribution in [0.15, 0.2) is 22.7 Å². The number of carbonyl (C=O) groups excluding carboxylic acids is 1. The summed E-state index contributed by atoms with van der Waals surface area (Å²) in [5, 5.41) is 5.04. The van der Waals surface area contributed by atoms with Crippen molar-refractivity contribution in [3.05, 3.63) is 22.7 Å². The molecule has 19 heavy (non-hydrogen) atoms. The molecular formula is C11H12BrF3N2O2. The lowest BCUT2D eigenvalue weighted by Gasteiger charge is -2.16. The lowest BCUT2D eigenvalue weighted by Crippen LogP contribution is -2.35. The van der Waals surface area contributed by atoms with Crippen LogP contribution in [0.4, 0.5) is 18.9 Å². The number of halogens is 4. The van der Waals surface area contributed by atoms with Gasteiger partial charge in [0.2, 0.25) is 5.91 Å². The third-order valence-corrected chi connectivity index (χ3v) is 2.75. The number of likely N-dealkylation sites (N-methyl/N-ethyl adjacent to an activating group) is 1. The van der Waals surface area contributed by atoms with Crippen molar-refractivity contribution in [1.82, 2.24) is 5.32 Å². The molecule has 0 fully saturated rings. The number of amides is 1. The smallest absolute Gasteiger partial charge is 0.404 e. The fourth-order valence-electron chi connectivity index (χ4n) is 1.18. The van der Waals surface area contributed by atoms with Gasteiger partial charge in [0.05, 0.1) is 11.7 Å². The summed E-state index contributed by atoms with van der Waals surface area (Å²) in [6, 6.07) is 3.42. The molecule has 0 aliphatic heterocycles. The zero-order valence-electron chi connectivity index (χ0n) is 10.1. The van der Waals surface area contributed by atoms with Crippen molar-refractivity contribution in [2.24, 2.45) is 0 Å². The average molecular weight is 341 g/mol. The number of hydrogen-bond acceptors (Lipinski definition) is 3. The fraction of sp³-hybridized carbons (Fsp3) is 0.364. The predicted molar refractivity (Wildman–Crippen MR) is 68.0 cm³/mol. The van der Waals surface area contributed by atoms with E-state index in [0.29, 0.717) is 4.47 Å². The second-order valence-corrected chi connectivity index (χ2v) is 4.60. The Kier molecular flexibility index (Phi) is 5.19. The molecule has 0 radical (unpaired) electrons. The zero-order chi connectivity index (χ0) is 14.6. The summed E-state index contributed by atoms with van der Waals surface area (Å²) in [5.41, 5.74) is -0.0485. The zero-order valence-corrected chi connectivity index (χ0v) is 11.7. The summed E-state index contributed by atoms with van der Waals surface area (Å²) < 4.78 is 41.0. The number of hydrogen-bond donors (Lipinski definition) is 2. The maximum Gasteiger partial charge on any atom is 0.573 e. The number of ether oxygens (including phenoxy) is 1. The van der Waals surface area contributed by atoms with Crippen molar-refractivity contribution < 1.29 is 22.7 Å². The molecule has 1 aromatic rings. The lowest BCUT2D eigenvalue weighted by atomic mass is 10.2. The normalized spacial score (nSPS) is 12.9. The molecule has 1 amide bonds. The molecule has 1 aromatic carbocycles. The van der Waals surface area contributed by atoms with Gasteiger partial charge in [-0.05, 0) is 32.2 Å². The molecule has 0 heterocycles. The van der Waals surface area contributed by atoms with E-state index in [-0.39, 0.29) is 5.69 Å². The monoisotopic (exact) mass is 340 g/mol. The Balaban J connectivity index is 2.97. The fourth-order valence-corrected chi connectivity index (χ4v) is 1.52.